The number of piperidine rings is 1. The highest BCUT2D eigenvalue weighted by Crippen LogP contribution is 2.50. The molecule has 2 heterocycles. The van der Waals surface area contributed by atoms with Gasteiger partial charge in [0.1, 0.15) is 20.8 Å². The van der Waals surface area contributed by atoms with Gasteiger partial charge >= 0.3 is 6.09 Å². The zero-order valence-corrected chi connectivity index (χ0v) is 16.1. The number of thiazole rings is 1. The van der Waals surface area contributed by atoms with Crippen LogP contribution in [0.2, 0.25) is 0 Å². The van der Waals surface area contributed by atoms with Crippen molar-refractivity contribution in [3.63, 3.8) is 0 Å². The van der Waals surface area contributed by atoms with E-state index in [-0.39, 0.29) is 17.9 Å². The third-order valence-corrected chi connectivity index (χ3v) is 6.39. The maximum Gasteiger partial charge on any atom is 0.410 e. The van der Waals surface area contributed by atoms with Gasteiger partial charge in [0.2, 0.25) is 0 Å². The summed E-state index contributed by atoms with van der Waals surface area (Å²) < 4.78 is 6.27. The van der Waals surface area contributed by atoms with E-state index in [1.807, 2.05) is 26.2 Å². The second kappa shape index (κ2) is 6.01. The SMILES string of the molecule is CC(C)(C)OC(=O)N1CC2CCCC(C1)C2(O)c1nc(Br)cs1. The van der Waals surface area contributed by atoms with Crippen LogP contribution in [-0.2, 0) is 10.3 Å². The number of likely N-dealkylation sites (tertiary alicyclic amines) is 1. The van der Waals surface area contributed by atoms with Crippen LogP contribution in [0, 0.1) is 11.8 Å². The summed E-state index contributed by atoms with van der Waals surface area (Å²) in [7, 11) is 0. The van der Waals surface area contributed by atoms with Crippen LogP contribution < -0.4 is 0 Å². The Hall–Kier alpha value is -0.660. The fourth-order valence-electron chi connectivity index (χ4n) is 3.71. The van der Waals surface area contributed by atoms with E-state index >= 15 is 0 Å². The quantitative estimate of drug-likeness (QED) is 0.776. The van der Waals surface area contributed by atoms with Crippen molar-refractivity contribution in [3.05, 3.63) is 15.0 Å². The second-order valence-corrected chi connectivity index (χ2v) is 9.18. The molecule has 1 saturated carbocycles. The van der Waals surface area contributed by atoms with Gasteiger partial charge in [-0.15, -0.1) is 11.3 Å². The molecule has 1 aromatic heterocycles. The van der Waals surface area contributed by atoms with Crippen molar-refractivity contribution in [2.45, 2.75) is 51.2 Å². The number of amides is 1. The van der Waals surface area contributed by atoms with Gasteiger partial charge < -0.3 is 14.7 Å². The molecular weight excluding hydrogens is 380 g/mol. The maximum atomic E-state index is 12.4. The molecule has 0 spiro atoms. The van der Waals surface area contributed by atoms with E-state index in [9.17, 15) is 9.90 Å². The summed E-state index contributed by atoms with van der Waals surface area (Å²) in [5.74, 6) is 0.0288. The Balaban J connectivity index is 1.82. The molecule has 23 heavy (non-hydrogen) atoms. The summed E-state index contributed by atoms with van der Waals surface area (Å²) in [6.45, 7) is 6.68. The van der Waals surface area contributed by atoms with Gasteiger partial charge in [0.25, 0.3) is 0 Å². The molecule has 1 aliphatic heterocycles. The monoisotopic (exact) mass is 402 g/mol. The molecule has 3 rings (SSSR count). The summed E-state index contributed by atoms with van der Waals surface area (Å²) >= 11 is 4.86. The number of carbonyl (C=O) groups is 1. The number of rotatable bonds is 1. The van der Waals surface area contributed by atoms with Crippen molar-refractivity contribution in [2.24, 2.45) is 11.8 Å². The molecular formula is C16H23BrN2O3S. The number of halogens is 1. The summed E-state index contributed by atoms with van der Waals surface area (Å²) in [5, 5.41) is 14.1. The molecule has 2 aliphatic rings. The zero-order chi connectivity index (χ0) is 16.8. The second-order valence-electron chi connectivity index (χ2n) is 7.51. The number of carbonyl (C=O) groups excluding carboxylic acids is 1. The number of hydrogen-bond donors (Lipinski definition) is 1. The van der Waals surface area contributed by atoms with Gasteiger partial charge in [-0.1, -0.05) is 6.42 Å². The fourth-order valence-corrected chi connectivity index (χ4v) is 5.22. The summed E-state index contributed by atoms with van der Waals surface area (Å²) in [6, 6.07) is 0. The summed E-state index contributed by atoms with van der Waals surface area (Å²) in [5.41, 5.74) is -1.42. The molecule has 1 aliphatic carbocycles. The largest absolute Gasteiger partial charge is 0.444 e. The molecule has 2 unspecified atom stereocenters. The van der Waals surface area contributed by atoms with Crippen LogP contribution in [0.15, 0.2) is 9.98 Å². The molecule has 2 bridgehead atoms. The molecule has 7 heteroatoms. The first-order valence-electron chi connectivity index (χ1n) is 8.02. The molecule has 1 saturated heterocycles. The number of fused-ring (bicyclic) bond motifs is 2. The first-order chi connectivity index (χ1) is 10.7. The van der Waals surface area contributed by atoms with Crippen LogP contribution in [0.25, 0.3) is 0 Å². The topological polar surface area (TPSA) is 62.7 Å². The lowest BCUT2D eigenvalue weighted by Crippen LogP contribution is -2.59. The first-order valence-corrected chi connectivity index (χ1v) is 9.69. The Kier molecular flexibility index (Phi) is 4.48. The smallest absolute Gasteiger partial charge is 0.410 e. The van der Waals surface area contributed by atoms with Gasteiger partial charge in [0, 0.05) is 30.3 Å². The summed E-state index contributed by atoms with van der Waals surface area (Å²) in [6.07, 6.45) is 2.62. The van der Waals surface area contributed by atoms with Gasteiger partial charge in [0.15, 0.2) is 0 Å². The van der Waals surface area contributed by atoms with E-state index in [1.165, 1.54) is 11.3 Å². The minimum Gasteiger partial charge on any atom is -0.444 e. The van der Waals surface area contributed by atoms with E-state index in [4.69, 9.17) is 4.74 Å². The van der Waals surface area contributed by atoms with Gasteiger partial charge in [-0.3, -0.25) is 0 Å². The minimum atomic E-state index is -0.923. The lowest BCUT2D eigenvalue weighted by molar-refractivity contribution is -0.144. The van der Waals surface area contributed by atoms with E-state index in [0.29, 0.717) is 13.1 Å². The lowest BCUT2D eigenvalue weighted by atomic mass is 9.66. The fraction of sp³-hybridized carbons (Fsp3) is 0.750. The molecule has 0 radical (unpaired) electrons. The molecule has 1 aromatic rings. The van der Waals surface area contributed by atoms with Crippen LogP contribution in [0.5, 0.6) is 0 Å². The highest BCUT2D eigenvalue weighted by molar-refractivity contribution is 9.10. The average molecular weight is 403 g/mol. The number of nitrogens with zero attached hydrogens (tertiary/aromatic N) is 2. The Morgan fingerprint density at radius 1 is 1.43 bits per heavy atom. The molecule has 2 atom stereocenters. The molecule has 0 aromatic carbocycles. The van der Waals surface area contributed by atoms with Crippen molar-refractivity contribution < 1.29 is 14.6 Å². The number of aliphatic hydroxyl groups is 1. The highest BCUT2D eigenvalue weighted by atomic mass is 79.9. The van der Waals surface area contributed by atoms with Crippen molar-refractivity contribution >= 4 is 33.4 Å². The average Bonchev–Trinajstić information content (AvgIpc) is 2.83. The molecule has 128 valence electrons. The van der Waals surface area contributed by atoms with Gasteiger partial charge in [0.05, 0.1) is 0 Å². The van der Waals surface area contributed by atoms with Crippen molar-refractivity contribution in [1.29, 1.82) is 0 Å². The van der Waals surface area contributed by atoms with E-state index in [2.05, 4.69) is 20.9 Å². The van der Waals surface area contributed by atoms with Crippen LogP contribution in [0.1, 0.15) is 45.0 Å². The third-order valence-electron chi connectivity index (χ3n) is 4.70. The third kappa shape index (κ3) is 3.28. The predicted octanol–water partition coefficient (Wildman–Crippen LogP) is 3.76. The molecule has 5 nitrogen and oxygen atoms in total. The highest BCUT2D eigenvalue weighted by Gasteiger charge is 2.54. The van der Waals surface area contributed by atoms with Gasteiger partial charge in [-0.25, -0.2) is 9.78 Å². The standard InChI is InChI=1S/C16H23BrN2O3S/c1-15(2,3)22-14(20)19-7-10-5-4-6-11(8-19)16(10,21)13-18-12(17)9-23-13/h9-11,21H,4-8H2,1-3H3. The van der Waals surface area contributed by atoms with Crippen molar-refractivity contribution in [1.82, 2.24) is 9.88 Å². The molecule has 1 amide bonds. The van der Waals surface area contributed by atoms with E-state index < -0.39 is 11.2 Å². The number of ether oxygens (including phenoxy) is 1. The number of hydrogen-bond acceptors (Lipinski definition) is 5. The van der Waals surface area contributed by atoms with Gasteiger partial charge in [-0.05, 0) is 49.5 Å². The lowest BCUT2D eigenvalue weighted by Gasteiger charge is -2.51. The Labute approximate surface area is 149 Å². The van der Waals surface area contributed by atoms with Gasteiger partial charge in [-0.2, -0.15) is 0 Å². The van der Waals surface area contributed by atoms with Crippen molar-refractivity contribution in [2.75, 3.05) is 13.1 Å². The van der Waals surface area contributed by atoms with Crippen molar-refractivity contribution in [3.8, 4) is 0 Å². The van der Waals surface area contributed by atoms with Crippen LogP contribution >= 0.6 is 27.3 Å². The zero-order valence-electron chi connectivity index (χ0n) is 13.7. The Morgan fingerprint density at radius 3 is 2.52 bits per heavy atom. The summed E-state index contributed by atoms with van der Waals surface area (Å²) in [4.78, 5) is 18.6. The van der Waals surface area contributed by atoms with Crippen LogP contribution in [0.3, 0.4) is 0 Å². The van der Waals surface area contributed by atoms with Crippen LogP contribution in [-0.4, -0.2) is 39.8 Å². The molecule has 2 fully saturated rings. The Morgan fingerprint density at radius 2 is 2.04 bits per heavy atom. The van der Waals surface area contributed by atoms with Crippen LogP contribution in [0.4, 0.5) is 4.79 Å². The van der Waals surface area contributed by atoms with E-state index in [1.54, 1.807) is 4.90 Å². The minimum absolute atomic E-state index is 0.0144. The predicted molar refractivity (Wildman–Crippen MR) is 92.3 cm³/mol. The maximum absolute atomic E-state index is 12.4. The first kappa shape index (κ1) is 17.2. The van der Waals surface area contributed by atoms with E-state index in [0.717, 1.165) is 28.9 Å². The Bertz CT molecular complexity index is 584. The molecule has 1 N–H and O–H groups in total. The number of aromatic nitrogens is 1. The normalized spacial score (nSPS) is 31.1.